The van der Waals surface area contributed by atoms with Crippen LogP contribution in [0.25, 0.3) is 0 Å². The van der Waals surface area contributed by atoms with Crippen LogP contribution in [0, 0.1) is 6.92 Å². The highest BCUT2D eigenvalue weighted by molar-refractivity contribution is 9.10. The van der Waals surface area contributed by atoms with Gasteiger partial charge in [-0.2, -0.15) is 0 Å². The second-order valence-electron chi connectivity index (χ2n) is 4.91. The number of carbonyl (C=O) groups is 1. The summed E-state index contributed by atoms with van der Waals surface area (Å²) in [5.74, 6) is -0.104. The van der Waals surface area contributed by atoms with Gasteiger partial charge in [0.15, 0.2) is 0 Å². The smallest absolute Gasteiger partial charge is 0.255 e. The number of amides is 1. The number of nitrogens with zero attached hydrogens (tertiary/aromatic N) is 1. The molecule has 2 aromatic rings. The molecule has 20 heavy (non-hydrogen) atoms. The van der Waals surface area contributed by atoms with E-state index in [2.05, 4.69) is 21.2 Å². The van der Waals surface area contributed by atoms with Crippen LogP contribution in [0.4, 0.5) is 11.4 Å². The standard InChI is InChI=1S/C16H17BrN2O/c1-11-8-13(17)10-14(9-11)18-16(20)12-4-6-15(7-5-12)19(2)3/h4-10H,1-3H3,(H,18,20). The predicted molar refractivity (Wildman–Crippen MR) is 87.6 cm³/mol. The molecular weight excluding hydrogens is 316 g/mol. The van der Waals surface area contributed by atoms with E-state index >= 15 is 0 Å². The van der Waals surface area contributed by atoms with Crippen molar-refractivity contribution in [2.24, 2.45) is 0 Å². The van der Waals surface area contributed by atoms with Crippen molar-refractivity contribution in [3.8, 4) is 0 Å². The summed E-state index contributed by atoms with van der Waals surface area (Å²) >= 11 is 3.43. The maximum Gasteiger partial charge on any atom is 0.255 e. The van der Waals surface area contributed by atoms with E-state index in [0.717, 1.165) is 21.4 Å². The first-order valence-electron chi connectivity index (χ1n) is 6.31. The van der Waals surface area contributed by atoms with Crippen molar-refractivity contribution in [1.82, 2.24) is 0 Å². The van der Waals surface area contributed by atoms with Crippen molar-refractivity contribution in [1.29, 1.82) is 0 Å². The summed E-state index contributed by atoms with van der Waals surface area (Å²) in [5.41, 5.74) is 3.60. The number of hydrogen-bond donors (Lipinski definition) is 1. The monoisotopic (exact) mass is 332 g/mol. The number of anilines is 2. The minimum atomic E-state index is -0.104. The maximum atomic E-state index is 12.2. The Hall–Kier alpha value is -1.81. The molecular formula is C16H17BrN2O. The third-order valence-corrected chi connectivity index (χ3v) is 3.40. The quantitative estimate of drug-likeness (QED) is 0.918. The molecule has 0 fully saturated rings. The van der Waals surface area contributed by atoms with Gasteiger partial charge in [0.25, 0.3) is 5.91 Å². The van der Waals surface area contributed by atoms with Crippen molar-refractivity contribution >= 4 is 33.2 Å². The highest BCUT2D eigenvalue weighted by Crippen LogP contribution is 2.20. The molecule has 2 aromatic carbocycles. The second-order valence-corrected chi connectivity index (χ2v) is 5.83. The molecule has 1 N–H and O–H groups in total. The molecule has 3 nitrogen and oxygen atoms in total. The van der Waals surface area contributed by atoms with Crippen molar-refractivity contribution in [3.05, 3.63) is 58.1 Å². The first kappa shape index (κ1) is 14.6. The van der Waals surface area contributed by atoms with Crippen LogP contribution in [0.5, 0.6) is 0 Å². The van der Waals surface area contributed by atoms with Crippen molar-refractivity contribution in [3.63, 3.8) is 0 Å². The number of benzene rings is 2. The molecule has 2 rings (SSSR count). The molecule has 0 saturated heterocycles. The molecule has 0 aliphatic heterocycles. The van der Waals surface area contributed by atoms with Gasteiger partial charge in [-0.1, -0.05) is 15.9 Å². The number of aryl methyl sites for hydroxylation is 1. The lowest BCUT2D eigenvalue weighted by Gasteiger charge is -2.13. The minimum Gasteiger partial charge on any atom is -0.378 e. The highest BCUT2D eigenvalue weighted by Gasteiger charge is 2.07. The summed E-state index contributed by atoms with van der Waals surface area (Å²) in [4.78, 5) is 14.2. The highest BCUT2D eigenvalue weighted by atomic mass is 79.9. The van der Waals surface area contributed by atoms with Crippen LogP contribution in [0.15, 0.2) is 46.9 Å². The van der Waals surface area contributed by atoms with Crippen LogP contribution < -0.4 is 10.2 Å². The Kier molecular flexibility index (Phi) is 4.45. The average Bonchev–Trinajstić information content (AvgIpc) is 2.37. The van der Waals surface area contributed by atoms with E-state index in [0.29, 0.717) is 5.56 Å². The summed E-state index contributed by atoms with van der Waals surface area (Å²) in [7, 11) is 3.94. The fourth-order valence-corrected chi connectivity index (χ4v) is 2.53. The molecule has 0 aliphatic carbocycles. The van der Waals surface area contributed by atoms with Gasteiger partial charge in [0.05, 0.1) is 0 Å². The van der Waals surface area contributed by atoms with Crippen LogP contribution in [0.3, 0.4) is 0 Å². The Balaban J connectivity index is 2.15. The predicted octanol–water partition coefficient (Wildman–Crippen LogP) is 4.08. The summed E-state index contributed by atoms with van der Waals surface area (Å²) in [6, 6.07) is 13.4. The fraction of sp³-hybridized carbons (Fsp3) is 0.188. The Morgan fingerprint density at radius 3 is 2.30 bits per heavy atom. The molecule has 0 radical (unpaired) electrons. The van der Waals surface area contributed by atoms with E-state index in [1.54, 1.807) is 0 Å². The van der Waals surface area contributed by atoms with Gasteiger partial charge in [-0.3, -0.25) is 4.79 Å². The first-order valence-corrected chi connectivity index (χ1v) is 7.11. The molecule has 0 unspecified atom stereocenters. The van der Waals surface area contributed by atoms with Crippen LogP contribution in [-0.2, 0) is 0 Å². The lowest BCUT2D eigenvalue weighted by atomic mass is 10.1. The Morgan fingerprint density at radius 1 is 1.10 bits per heavy atom. The van der Waals surface area contributed by atoms with Crippen LogP contribution >= 0.6 is 15.9 Å². The largest absolute Gasteiger partial charge is 0.378 e. The Bertz CT molecular complexity index is 601. The van der Waals surface area contributed by atoms with Crippen molar-refractivity contribution in [2.75, 3.05) is 24.3 Å². The first-order chi connectivity index (χ1) is 9.45. The zero-order valence-corrected chi connectivity index (χ0v) is 13.4. The van der Waals surface area contributed by atoms with E-state index in [-0.39, 0.29) is 5.91 Å². The lowest BCUT2D eigenvalue weighted by molar-refractivity contribution is 0.102. The summed E-state index contributed by atoms with van der Waals surface area (Å²) < 4.78 is 0.954. The van der Waals surface area contributed by atoms with Gasteiger partial charge in [0.2, 0.25) is 0 Å². The molecule has 0 atom stereocenters. The SMILES string of the molecule is Cc1cc(Br)cc(NC(=O)c2ccc(N(C)C)cc2)c1. The number of carbonyl (C=O) groups excluding carboxylic acids is 1. The van der Waals surface area contributed by atoms with Crippen molar-refractivity contribution in [2.45, 2.75) is 6.92 Å². The van der Waals surface area contributed by atoms with Gasteiger partial charge in [-0.15, -0.1) is 0 Å². The van der Waals surface area contributed by atoms with E-state index in [1.807, 2.05) is 68.4 Å². The van der Waals surface area contributed by atoms with Gasteiger partial charge in [0.1, 0.15) is 0 Å². The summed E-state index contributed by atoms with van der Waals surface area (Å²) in [6.45, 7) is 1.99. The van der Waals surface area contributed by atoms with Crippen LogP contribution in [-0.4, -0.2) is 20.0 Å². The zero-order chi connectivity index (χ0) is 14.7. The molecule has 4 heteroatoms. The Morgan fingerprint density at radius 2 is 1.75 bits per heavy atom. The van der Waals surface area contributed by atoms with E-state index in [4.69, 9.17) is 0 Å². The molecule has 0 heterocycles. The minimum absolute atomic E-state index is 0.104. The Labute approximate surface area is 127 Å². The van der Waals surface area contributed by atoms with Gasteiger partial charge in [0, 0.05) is 35.5 Å². The summed E-state index contributed by atoms with van der Waals surface area (Å²) in [6.07, 6.45) is 0. The molecule has 0 aromatic heterocycles. The van der Waals surface area contributed by atoms with Gasteiger partial charge in [-0.05, 0) is 55.0 Å². The van der Waals surface area contributed by atoms with E-state index < -0.39 is 0 Å². The van der Waals surface area contributed by atoms with E-state index in [9.17, 15) is 4.79 Å². The second kappa shape index (κ2) is 6.09. The van der Waals surface area contributed by atoms with Crippen LogP contribution in [0.1, 0.15) is 15.9 Å². The average molecular weight is 333 g/mol. The number of halogens is 1. The molecule has 1 amide bonds. The lowest BCUT2D eigenvalue weighted by Crippen LogP contribution is -2.13. The number of hydrogen-bond acceptors (Lipinski definition) is 2. The summed E-state index contributed by atoms with van der Waals surface area (Å²) in [5, 5.41) is 2.91. The van der Waals surface area contributed by atoms with Crippen LogP contribution in [0.2, 0.25) is 0 Å². The van der Waals surface area contributed by atoms with E-state index in [1.165, 1.54) is 0 Å². The van der Waals surface area contributed by atoms with Gasteiger partial charge in [-0.25, -0.2) is 0 Å². The maximum absolute atomic E-state index is 12.2. The number of rotatable bonds is 3. The third kappa shape index (κ3) is 3.61. The topological polar surface area (TPSA) is 32.3 Å². The third-order valence-electron chi connectivity index (χ3n) is 2.95. The fourth-order valence-electron chi connectivity index (χ4n) is 1.92. The zero-order valence-electron chi connectivity index (χ0n) is 11.8. The van der Waals surface area contributed by atoms with Gasteiger partial charge < -0.3 is 10.2 Å². The molecule has 0 saturated carbocycles. The molecule has 0 spiro atoms. The van der Waals surface area contributed by atoms with Gasteiger partial charge >= 0.3 is 0 Å². The molecule has 104 valence electrons. The molecule has 0 bridgehead atoms. The number of nitrogens with one attached hydrogen (secondary N) is 1. The molecule has 0 aliphatic rings. The van der Waals surface area contributed by atoms with Crippen molar-refractivity contribution < 1.29 is 4.79 Å². The normalized spacial score (nSPS) is 10.2.